The molecule has 0 aliphatic rings. The van der Waals surface area contributed by atoms with Gasteiger partial charge in [0.1, 0.15) is 11.6 Å². The number of aromatic nitrogens is 2. The van der Waals surface area contributed by atoms with E-state index in [0.29, 0.717) is 16.1 Å². The molecule has 0 fully saturated rings. The second kappa shape index (κ2) is 10.2. The van der Waals surface area contributed by atoms with E-state index in [2.05, 4.69) is 20.8 Å². The van der Waals surface area contributed by atoms with E-state index in [1.54, 1.807) is 12.1 Å². The first kappa shape index (κ1) is 21.1. The first-order chi connectivity index (χ1) is 14.0. The standard InChI is InChI=1S/C20H21FN4O2S2/c1-3-27-17-7-5-4-6-16(17)23-19-24-25-20(29-19)28-12-18(26)22-13(2)14-8-10-15(21)11-9-14/h4-11,13H,3,12H2,1-2H3,(H,22,26)(H,23,24). The third-order valence-corrected chi connectivity index (χ3v) is 5.88. The van der Waals surface area contributed by atoms with Crippen LogP contribution in [-0.2, 0) is 4.79 Å². The smallest absolute Gasteiger partial charge is 0.230 e. The molecule has 6 nitrogen and oxygen atoms in total. The average molecular weight is 433 g/mol. The molecule has 3 aromatic rings. The number of halogens is 1. The number of thioether (sulfide) groups is 1. The molecule has 0 saturated carbocycles. The van der Waals surface area contributed by atoms with Crippen LogP contribution in [0.5, 0.6) is 5.75 Å². The predicted molar refractivity (Wildman–Crippen MR) is 114 cm³/mol. The summed E-state index contributed by atoms with van der Waals surface area (Å²) < 4.78 is 19.3. The normalized spacial score (nSPS) is 11.7. The van der Waals surface area contributed by atoms with Gasteiger partial charge < -0.3 is 15.4 Å². The van der Waals surface area contributed by atoms with Crippen molar-refractivity contribution in [1.29, 1.82) is 0 Å². The molecule has 1 aromatic heterocycles. The van der Waals surface area contributed by atoms with E-state index in [-0.39, 0.29) is 23.5 Å². The Hall–Kier alpha value is -2.65. The number of ether oxygens (including phenoxy) is 1. The first-order valence-corrected chi connectivity index (χ1v) is 10.9. The largest absolute Gasteiger partial charge is 0.492 e. The fourth-order valence-electron chi connectivity index (χ4n) is 2.53. The first-order valence-electron chi connectivity index (χ1n) is 9.05. The van der Waals surface area contributed by atoms with Crippen LogP contribution >= 0.6 is 23.1 Å². The molecular weight excluding hydrogens is 411 g/mol. The highest BCUT2D eigenvalue weighted by molar-refractivity contribution is 8.01. The lowest BCUT2D eigenvalue weighted by molar-refractivity contribution is -0.119. The minimum atomic E-state index is -0.299. The quantitative estimate of drug-likeness (QED) is 0.474. The van der Waals surface area contributed by atoms with E-state index >= 15 is 0 Å². The Balaban J connectivity index is 1.51. The van der Waals surface area contributed by atoms with Crippen molar-refractivity contribution < 1.29 is 13.9 Å². The Labute approximate surface area is 176 Å². The maximum atomic E-state index is 13.0. The van der Waals surface area contributed by atoms with Gasteiger partial charge in [0.2, 0.25) is 11.0 Å². The number of hydrogen-bond acceptors (Lipinski definition) is 7. The molecule has 0 radical (unpaired) electrons. The van der Waals surface area contributed by atoms with Crippen LogP contribution < -0.4 is 15.4 Å². The van der Waals surface area contributed by atoms with Crippen molar-refractivity contribution in [2.75, 3.05) is 17.7 Å². The lowest BCUT2D eigenvalue weighted by atomic mass is 10.1. The summed E-state index contributed by atoms with van der Waals surface area (Å²) in [7, 11) is 0. The second-order valence-corrected chi connectivity index (χ2v) is 8.26. The number of nitrogens with zero attached hydrogens (tertiary/aromatic N) is 2. The molecule has 0 saturated heterocycles. The monoisotopic (exact) mass is 432 g/mol. The number of para-hydroxylation sites is 2. The number of benzene rings is 2. The molecule has 0 aliphatic heterocycles. The molecule has 29 heavy (non-hydrogen) atoms. The van der Waals surface area contributed by atoms with E-state index in [0.717, 1.165) is 17.0 Å². The molecule has 1 amide bonds. The summed E-state index contributed by atoms with van der Waals surface area (Å²) >= 11 is 2.68. The molecule has 0 aliphatic carbocycles. The van der Waals surface area contributed by atoms with Crippen LogP contribution in [0.25, 0.3) is 0 Å². The fraction of sp³-hybridized carbons (Fsp3) is 0.250. The minimum Gasteiger partial charge on any atom is -0.492 e. The van der Waals surface area contributed by atoms with Crippen molar-refractivity contribution in [3.63, 3.8) is 0 Å². The summed E-state index contributed by atoms with van der Waals surface area (Å²) in [6, 6.07) is 13.5. The molecule has 152 valence electrons. The van der Waals surface area contributed by atoms with Gasteiger partial charge in [0.05, 0.1) is 24.1 Å². The van der Waals surface area contributed by atoms with Crippen LogP contribution in [-0.4, -0.2) is 28.5 Å². The number of anilines is 2. The van der Waals surface area contributed by atoms with Crippen LogP contribution in [0.15, 0.2) is 52.9 Å². The minimum absolute atomic E-state index is 0.127. The van der Waals surface area contributed by atoms with Crippen molar-refractivity contribution >= 4 is 39.8 Å². The highest BCUT2D eigenvalue weighted by atomic mass is 32.2. The highest BCUT2D eigenvalue weighted by Crippen LogP contribution is 2.31. The van der Waals surface area contributed by atoms with E-state index in [4.69, 9.17) is 4.74 Å². The zero-order chi connectivity index (χ0) is 20.6. The average Bonchev–Trinajstić information content (AvgIpc) is 3.16. The number of amides is 1. The molecule has 1 atom stereocenters. The maximum Gasteiger partial charge on any atom is 0.230 e. The number of rotatable bonds is 9. The summed E-state index contributed by atoms with van der Waals surface area (Å²) in [6.07, 6.45) is 0. The fourth-order valence-corrected chi connectivity index (χ4v) is 4.11. The predicted octanol–water partition coefficient (Wildman–Crippen LogP) is 4.79. The van der Waals surface area contributed by atoms with Gasteiger partial charge in [-0.3, -0.25) is 4.79 Å². The zero-order valence-corrected chi connectivity index (χ0v) is 17.6. The summed E-state index contributed by atoms with van der Waals surface area (Å²) in [5.41, 5.74) is 1.66. The van der Waals surface area contributed by atoms with E-state index in [9.17, 15) is 9.18 Å². The van der Waals surface area contributed by atoms with E-state index in [1.807, 2.05) is 38.1 Å². The third-order valence-electron chi connectivity index (χ3n) is 3.91. The molecule has 0 spiro atoms. The lowest BCUT2D eigenvalue weighted by Crippen LogP contribution is -2.28. The second-order valence-electron chi connectivity index (χ2n) is 6.06. The molecule has 1 heterocycles. The Morgan fingerprint density at radius 2 is 1.97 bits per heavy atom. The van der Waals surface area contributed by atoms with Crippen molar-refractivity contribution in [2.45, 2.75) is 24.2 Å². The SMILES string of the molecule is CCOc1ccccc1Nc1nnc(SCC(=O)NC(C)c2ccc(F)cc2)s1. The van der Waals surface area contributed by atoms with Crippen LogP contribution in [0.1, 0.15) is 25.5 Å². The van der Waals surface area contributed by atoms with Gasteiger partial charge in [-0.2, -0.15) is 0 Å². The summed E-state index contributed by atoms with van der Waals surface area (Å²) in [5, 5.41) is 15.0. The van der Waals surface area contributed by atoms with Crippen LogP contribution in [0.2, 0.25) is 0 Å². The van der Waals surface area contributed by atoms with Gasteiger partial charge in [-0.15, -0.1) is 10.2 Å². The van der Waals surface area contributed by atoms with Gasteiger partial charge in [-0.1, -0.05) is 47.4 Å². The number of carbonyl (C=O) groups excluding carboxylic acids is 1. The topological polar surface area (TPSA) is 76.1 Å². The van der Waals surface area contributed by atoms with Crippen LogP contribution in [0.4, 0.5) is 15.2 Å². The molecule has 3 rings (SSSR count). The summed E-state index contributed by atoms with van der Waals surface area (Å²) in [6.45, 7) is 4.36. The molecule has 9 heteroatoms. The van der Waals surface area contributed by atoms with Gasteiger partial charge in [-0.05, 0) is 43.7 Å². The van der Waals surface area contributed by atoms with Crippen LogP contribution in [0.3, 0.4) is 0 Å². The van der Waals surface area contributed by atoms with Crippen LogP contribution in [0, 0.1) is 5.82 Å². The van der Waals surface area contributed by atoms with Crippen molar-refractivity contribution in [3.05, 3.63) is 59.9 Å². The Bertz CT molecular complexity index is 950. The Kier molecular flexibility index (Phi) is 7.42. The number of nitrogens with one attached hydrogen (secondary N) is 2. The van der Waals surface area contributed by atoms with Gasteiger partial charge in [-0.25, -0.2) is 4.39 Å². The van der Waals surface area contributed by atoms with E-state index in [1.165, 1.54) is 35.2 Å². The highest BCUT2D eigenvalue weighted by Gasteiger charge is 2.13. The summed E-state index contributed by atoms with van der Waals surface area (Å²) in [4.78, 5) is 12.2. The van der Waals surface area contributed by atoms with Gasteiger partial charge in [0.15, 0.2) is 4.34 Å². The summed E-state index contributed by atoms with van der Waals surface area (Å²) in [5.74, 6) is 0.537. The molecular formula is C20H21FN4O2S2. The number of hydrogen-bond donors (Lipinski definition) is 2. The van der Waals surface area contributed by atoms with Crippen molar-refractivity contribution in [1.82, 2.24) is 15.5 Å². The molecule has 2 aromatic carbocycles. The van der Waals surface area contributed by atoms with Gasteiger partial charge >= 0.3 is 0 Å². The molecule has 0 bridgehead atoms. The Morgan fingerprint density at radius 1 is 1.21 bits per heavy atom. The van der Waals surface area contributed by atoms with Gasteiger partial charge in [0, 0.05) is 0 Å². The maximum absolute atomic E-state index is 13.0. The van der Waals surface area contributed by atoms with Crippen molar-refractivity contribution in [2.24, 2.45) is 0 Å². The van der Waals surface area contributed by atoms with E-state index < -0.39 is 0 Å². The third kappa shape index (κ3) is 6.16. The number of carbonyl (C=O) groups is 1. The molecule has 1 unspecified atom stereocenters. The molecule has 2 N–H and O–H groups in total. The van der Waals surface area contributed by atoms with Crippen molar-refractivity contribution in [3.8, 4) is 5.75 Å². The zero-order valence-electron chi connectivity index (χ0n) is 16.0. The van der Waals surface area contributed by atoms with Gasteiger partial charge in [0.25, 0.3) is 0 Å². The Morgan fingerprint density at radius 3 is 2.72 bits per heavy atom. The lowest BCUT2D eigenvalue weighted by Gasteiger charge is -2.13.